The van der Waals surface area contributed by atoms with Crippen LogP contribution in [0.1, 0.15) is 49.6 Å². The molecule has 2 heterocycles. The molecule has 2 aromatic heterocycles. The molecule has 18 heavy (non-hydrogen) atoms. The molecule has 2 aromatic rings. The maximum Gasteiger partial charge on any atom is 0.0957 e. The Hall–Kier alpha value is -1.68. The Morgan fingerprint density at radius 2 is 2.22 bits per heavy atom. The van der Waals surface area contributed by atoms with Crippen LogP contribution in [0.15, 0.2) is 30.6 Å². The van der Waals surface area contributed by atoms with Crippen LogP contribution < -0.4 is 0 Å². The Labute approximate surface area is 106 Å². The Morgan fingerprint density at radius 3 is 2.83 bits per heavy atom. The van der Waals surface area contributed by atoms with Gasteiger partial charge in [0, 0.05) is 12.1 Å². The Balaban J connectivity index is 1.82. The monoisotopic (exact) mass is 243 g/mol. The minimum Gasteiger partial charge on any atom is -0.387 e. The molecular weight excluding hydrogens is 226 g/mol. The maximum atomic E-state index is 9.69. The van der Waals surface area contributed by atoms with Crippen molar-refractivity contribution in [2.24, 2.45) is 0 Å². The summed E-state index contributed by atoms with van der Waals surface area (Å²) in [7, 11) is 0. The molecule has 4 nitrogen and oxygen atoms in total. The van der Waals surface area contributed by atoms with Crippen molar-refractivity contribution in [3.63, 3.8) is 0 Å². The van der Waals surface area contributed by atoms with Crippen LogP contribution in [0, 0.1) is 0 Å². The van der Waals surface area contributed by atoms with E-state index in [1.54, 1.807) is 6.20 Å². The number of aliphatic hydroxyl groups is 1. The summed E-state index contributed by atoms with van der Waals surface area (Å²) in [5.74, 6) is 0.667. The maximum absolute atomic E-state index is 9.69. The average molecular weight is 243 g/mol. The predicted molar refractivity (Wildman–Crippen MR) is 68.6 cm³/mol. The van der Waals surface area contributed by atoms with Gasteiger partial charge in [-0.2, -0.15) is 5.10 Å². The standard InChI is InChI=1S/C14H17N3O/c1-2-14(18)13-6-5-11(9-15-13)17-8-7-12(16-17)10-3-4-10/h5-10,14,18H,2-4H2,1H3/t14-/m1/s1. The second-order valence-electron chi connectivity index (χ2n) is 4.82. The van der Waals surface area contributed by atoms with E-state index in [9.17, 15) is 5.11 Å². The van der Waals surface area contributed by atoms with E-state index in [-0.39, 0.29) is 0 Å². The van der Waals surface area contributed by atoms with Crippen LogP contribution in [-0.2, 0) is 0 Å². The first-order valence-corrected chi connectivity index (χ1v) is 6.48. The van der Waals surface area contributed by atoms with E-state index in [1.165, 1.54) is 18.5 Å². The second kappa shape index (κ2) is 4.53. The van der Waals surface area contributed by atoms with Crippen molar-refractivity contribution >= 4 is 0 Å². The number of hydrogen-bond donors (Lipinski definition) is 1. The lowest BCUT2D eigenvalue weighted by molar-refractivity contribution is 0.169. The summed E-state index contributed by atoms with van der Waals surface area (Å²) in [4.78, 5) is 4.28. The fraction of sp³-hybridized carbons (Fsp3) is 0.429. The summed E-state index contributed by atoms with van der Waals surface area (Å²) in [5, 5.41) is 14.2. The molecule has 94 valence electrons. The van der Waals surface area contributed by atoms with Crippen LogP contribution in [0.4, 0.5) is 0 Å². The third-order valence-corrected chi connectivity index (χ3v) is 3.37. The van der Waals surface area contributed by atoms with E-state index >= 15 is 0 Å². The molecule has 1 atom stereocenters. The van der Waals surface area contributed by atoms with Crippen molar-refractivity contribution in [3.05, 3.63) is 42.0 Å². The van der Waals surface area contributed by atoms with Crippen molar-refractivity contribution in [1.29, 1.82) is 0 Å². The van der Waals surface area contributed by atoms with Crippen LogP contribution in [0.25, 0.3) is 5.69 Å². The third-order valence-electron chi connectivity index (χ3n) is 3.37. The molecule has 0 saturated heterocycles. The molecule has 4 heteroatoms. The fourth-order valence-corrected chi connectivity index (χ4v) is 2.02. The van der Waals surface area contributed by atoms with Gasteiger partial charge >= 0.3 is 0 Å². The summed E-state index contributed by atoms with van der Waals surface area (Å²) in [6.45, 7) is 1.94. The third kappa shape index (κ3) is 2.16. The summed E-state index contributed by atoms with van der Waals surface area (Å²) in [6.07, 6.45) is 6.46. The molecule has 0 amide bonds. The Kier molecular flexibility index (Phi) is 2.88. The number of aliphatic hydroxyl groups excluding tert-OH is 1. The molecule has 0 spiro atoms. The summed E-state index contributed by atoms with van der Waals surface area (Å²) in [5.41, 5.74) is 2.83. The minimum atomic E-state index is -0.473. The number of rotatable bonds is 4. The van der Waals surface area contributed by atoms with Gasteiger partial charge in [-0.1, -0.05) is 6.92 Å². The van der Waals surface area contributed by atoms with Gasteiger partial charge in [-0.05, 0) is 37.5 Å². The molecule has 0 unspecified atom stereocenters. The van der Waals surface area contributed by atoms with Gasteiger partial charge in [0.2, 0.25) is 0 Å². The fourth-order valence-electron chi connectivity index (χ4n) is 2.02. The molecule has 1 aliphatic rings. The predicted octanol–water partition coefficient (Wildman–Crippen LogP) is 2.59. The van der Waals surface area contributed by atoms with Gasteiger partial charge in [0.05, 0.1) is 29.4 Å². The second-order valence-corrected chi connectivity index (χ2v) is 4.82. The highest BCUT2D eigenvalue weighted by Gasteiger charge is 2.25. The van der Waals surface area contributed by atoms with Crippen molar-refractivity contribution in [2.75, 3.05) is 0 Å². The van der Waals surface area contributed by atoms with Crippen LogP contribution in [0.3, 0.4) is 0 Å². The van der Waals surface area contributed by atoms with E-state index in [0.29, 0.717) is 12.3 Å². The first-order chi connectivity index (χ1) is 8.78. The zero-order chi connectivity index (χ0) is 12.5. The van der Waals surface area contributed by atoms with Crippen molar-refractivity contribution in [3.8, 4) is 5.69 Å². The first kappa shape index (κ1) is 11.4. The number of aromatic nitrogens is 3. The summed E-state index contributed by atoms with van der Waals surface area (Å²) >= 11 is 0. The number of nitrogens with zero attached hydrogens (tertiary/aromatic N) is 3. The van der Waals surface area contributed by atoms with E-state index < -0.39 is 6.10 Å². The zero-order valence-electron chi connectivity index (χ0n) is 10.5. The van der Waals surface area contributed by atoms with E-state index in [0.717, 1.165) is 11.4 Å². The van der Waals surface area contributed by atoms with E-state index in [4.69, 9.17) is 0 Å². The zero-order valence-corrected chi connectivity index (χ0v) is 10.5. The van der Waals surface area contributed by atoms with Crippen molar-refractivity contribution < 1.29 is 5.11 Å². The van der Waals surface area contributed by atoms with Gasteiger partial charge < -0.3 is 5.11 Å². The molecule has 0 aliphatic heterocycles. The Bertz CT molecular complexity index is 528. The highest BCUT2D eigenvalue weighted by molar-refractivity contribution is 5.30. The lowest BCUT2D eigenvalue weighted by atomic mass is 10.2. The molecule has 1 aliphatic carbocycles. The summed E-state index contributed by atoms with van der Waals surface area (Å²) < 4.78 is 1.85. The molecule has 1 saturated carbocycles. The van der Waals surface area contributed by atoms with Crippen LogP contribution >= 0.6 is 0 Å². The summed E-state index contributed by atoms with van der Waals surface area (Å²) in [6, 6.07) is 5.89. The molecule has 3 rings (SSSR count). The van der Waals surface area contributed by atoms with Gasteiger partial charge in [0.25, 0.3) is 0 Å². The number of hydrogen-bond acceptors (Lipinski definition) is 3. The largest absolute Gasteiger partial charge is 0.387 e. The SMILES string of the molecule is CC[C@@H](O)c1ccc(-n2ccc(C3CC3)n2)cn1. The molecule has 1 N–H and O–H groups in total. The van der Waals surface area contributed by atoms with Crippen LogP contribution in [0.5, 0.6) is 0 Å². The van der Waals surface area contributed by atoms with Gasteiger partial charge in [-0.25, -0.2) is 4.68 Å². The van der Waals surface area contributed by atoms with Crippen molar-refractivity contribution in [1.82, 2.24) is 14.8 Å². The van der Waals surface area contributed by atoms with Gasteiger partial charge in [0.1, 0.15) is 0 Å². The highest BCUT2D eigenvalue weighted by atomic mass is 16.3. The lowest BCUT2D eigenvalue weighted by Gasteiger charge is -2.07. The van der Waals surface area contributed by atoms with Crippen molar-refractivity contribution in [2.45, 2.75) is 38.2 Å². The molecule has 0 radical (unpaired) electrons. The number of pyridine rings is 1. The quantitative estimate of drug-likeness (QED) is 0.898. The Morgan fingerprint density at radius 1 is 1.39 bits per heavy atom. The molecule has 0 bridgehead atoms. The topological polar surface area (TPSA) is 50.9 Å². The van der Waals surface area contributed by atoms with E-state index in [2.05, 4.69) is 16.1 Å². The van der Waals surface area contributed by atoms with Crippen LogP contribution in [0.2, 0.25) is 0 Å². The highest BCUT2D eigenvalue weighted by Crippen LogP contribution is 2.39. The molecular formula is C14H17N3O. The minimum absolute atomic E-state index is 0.473. The smallest absolute Gasteiger partial charge is 0.0957 e. The molecule has 0 aromatic carbocycles. The van der Waals surface area contributed by atoms with Gasteiger partial charge in [-0.15, -0.1) is 0 Å². The average Bonchev–Trinajstić information content (AvgIpc) is 3.16. The van der Waals surface area contributed by atoms with Gasteiger partial charge in [0.15, 0.2) is 0 Å². The van der Waals surface area contributed by atoms with E-state index in [1.807, 2.05) is 29.9 Å². The van der Waals surface area contributed by atoms with Gasteiger partial charge in [-0.3, -0.25) is 4.98 Å². The lowest BCUT2D eigenvalue weighted by Crippen LogP contribution is -2.01. The van der Waals surface area contributed by atoms with Crippen LogP contribution in [-0.4, -0.2) is 19.9 Å². The molecule has 1 fully saturated rings. The normalized spacial score (nSPS) is 16.8. The first-order valence-electron chi connectivity index (χ1n) is 6.48.